The number of rotatable bonds is 16. The molecule has 0 aliphatic carbocycles. The molecule has 0 aliphatic heterocycles. The quantitative estimate of drug-likeness (QED) is 0.432. The maximum Gasteiger partial charge on any atom is 0.0830 e. The van der Waals surface area contributed by atoms with Gasteiger partial charge in [0.05, 0.1) is 50.3 Å². The van der Waals surface area contributed by atoms with Crippen molar-refractivity contribution in [3.63, 3.8) is 0 Å². The molecule has 0 heterocycles. The van der Waals surface area contributed by atoms with Crippen molar-refractivity contribution in [2.45, 2.75) is 97.2 Å². The average Bonchev–Trinajstić information content (AvgIpc) is 2.56. The standard InChI is InChI=1S/C19H40O5/c1-7-8-9-10-11-19(21-6)18(5)24-14-17(4)23-13-16(3)22-12-15(2)20/h15-20H,7-14H2,1-6H3. The molecule has 0 spiro atoms. The summed E-state index contributed by atoms with van der Waals surface area (Å²) in [5, 5.41) is 9.19. The minimum absolute atomic E-state index is 0.00245. The number of methoxy groups -OCH3 is 1. The molecule has 1 N–H and O–H groups in total. The van der Waals surface area contributed by atoms with E-state index in [-0.39, 0.29) is 24.4 Å². The molecule has 0 saturated heterocycles. The predicted octanol–water partition coefficient (Wildman–Crippen LogP) is 3.57. The largest absolute Gasteiger partial charge is 0.391 e. The summed E-state index contributed by atoms with van der Waals surface area (Å²) >= 11 is 0. The summed E-state index contributed by atoms with van der Waals surface area (Å²) in [5.41, 5.74) is 0. The van der Waals surface area contributed by atoms with E-state index in [0.29, 0.717) is 19.8 Å². The molecule has 24 heavy (non-hydrogen) atoms. The molecule has 5 heteroatoms. The van der Waals surface area contributed by atoms with Crippen LogP contribution in [0.25, 0.3) is 0 Å². The van der Waals surface area contributed by atoms with Gasteiger partial charge in [0.2, 0.25) is 0 Å². The van der Waals surface area contributed by atoms with Crippen molar-refractivity contribution in [2.75, 3.05) is 26.9 Å². The zero-order chi connectivity index (χ0) is 18.4. The Bertz CT molecular complexity index is 272. The molecular weight excluding hydrogens is 308 g/mol. The van der Waals surface area contributed by atoms with Gasteiger partial charge >= 0.3 is 0 Å². The number of unbranched alkanes of at least 4 members (excludes halogenated alkanes) is 3. The van der Waals surface area contributed by atoms with Crippen LogP contribution in [0.2, 0.25) is 0 Å². The molecular formula is C19H40O5. The Morgan fingerprint density at radius 2 is 1.38 bits per heavy atom. The molecule has 5 unspecified atom stereocenters. The first-order valence-electron chi connectivity index (χ1n) is 9.46. The van der Waals surface area contributed by atoms with Crippen LogP contribution in [0.3, 0.4) is 0 Å². The van der Waals surface area contributed by atoms with Crippen molar-refractivity contribution in [1.82, 2.24) is 0 Å². The highest BCUT2D eigenvalue weighted by atomic mass is 16.6. The van der Waals surface area contributed by atoms with E-state index < -0.39 is 6.10 Å². The highest BCUT2D eigenvalue weighted by molar-refractivity contribution is 4.67. The Morgan fingerprint density at radius 1 is 0.792 bits per heavy atom. The fraction of sp³-hybridized carbons (Fsp3) is 1.00. The van der Waals surface area contributed by atoms with Crippen molar-refractivity contribution in [2.24, 2.45) is 0 Å². The molecule has 0 rings (SSSR count). The van der Waals surface area contributed by atoms with Gasteiger partial charge in [0, 0.05) is 7.11 Å². The highest BCUT2D eigenvalue weighted by Crippen LogP contribution is 2.13. The van der Waals surface area contributed by atoms with Crippen LogP contribution in [0.1, 0.15) is 66.7 Å². The minimum atomic E-state index is -0.447. The van der Waals surface area contributed by atoms with Crippen molar-refractivity contribution in [3.8, 4) is 0 Å². The van der Waals surface area contributed by atoms with Gasteiger partial charge in [-0.05, 0) is 34.1 Å². The van der Waals surface area contributed by atoms with Gasteiger partial charge in [-0.2, -0.15) is 0 Å². The van der Waals surface area contributed by atoms with Gasteiger partial charge < -0.3 is 24.1 Å². The summed E-state index contributed by atoms with van der Waals surface area (Å²) in [6, 6.07) is 0. The van der Waals surface area contributed by atoms with E-state index in [2.05, 4.69) is 13.8 Å². The van der Waals surface area contributed by atoms with E-state index >= 15 is 0 Å². The molecule has 5 nitrogen and oxygen atoms in total. The molecule has 0 aliphatic rings. The van der Waals surface area contributed by atoms with Crippen LogP contribution in [0, 0.1) is 0 Å². The lowest BCUT2D eigenvalue weighted by Crippen LogP contribution is -2.32. The fourth-order valence-electron chi connectivity index (χ4n) is 2.41. The number of hydrogen-bond donors (Lipinski definition) is 1. The van der Waals surface area contributed by atoms with Crippen LogP contribution < -0.4 is 0 Å². The first kappa shape index (κ1) is 23.8. The molecule has 5 atom stereocenters. The van der Waals surface area contributed by atoms with Gasteiger partial charge in [0.1, 0.15) is 0 Å². The molecule has 0 bridgehead atoms. The van der Waals surface area contributed by atoms with Crippen LogP contribution in [0.4, 0.5) is 0 Å². The first-order valence-corrected chi connectivity index (χ1v) is 9.46. The Morgan fingerprint density at radius 3 is 1.92 bits per heavy atom. The molecule has 0 saturated carbocycles. The topological polar surface area (TPSA) is 57.2 Å². The normalized spacial score (nSPS) is 18.1. The van der Waals surface area contributed by atoms with Crippen molar-refractivity contribution < 1.29 is 24.1 Å². The summed E-state index contributed by atoms with van der Waals surface area (Å²) in [5.74, 6) is 0. The lowest BCUT2D eigenvalue weighted by atomic mass is 10.1. The van der Waals surface area contributed by atoms with E-state index in [9.17, 15) is 5.11 Å². The highest BCUT2D eigenvalue weighted by Gasteiger charge is 2.18. The van der Waals surface area contributed by atoms with Crippen LogP contribution in [0.15, 0.2) is 0 Å². The van der Waals surface area contributed by atoms with E-state index in [1.807, 2.05) is 13.8 Å². The van der Waals surface area contributed by atoms with Gasteiger partial charge in [-0.15, -0.1) is 0 Å². The molecule has 0 aromatic carbocycles. The van der Waals surface area contributed by atoms with E-state index in [0.717, 1.165) is 6.42 Å². The third-order valence-electron chi connectivity index (χ3n) is 4.00. The van der Waals surface area contributed by atoms with Crippen LogP contribution in [-0.2, 0) is 18.9 Å². The SMILES string of the molecule is CCCCCCC(OC)C(C)OCC(C)OCC(C)OCC(C)O. The lowest BCUT2D eigenvalue weighted by Gasteiger charge is -2.25. The van der Waals surface area contributed by atoms with E-state index in [4.69, 9.17) is 18.9 Å². The van der Waals surface area contributed by atoms with Crippen LogP contribution in [0.5, 0.6) is 0 Å². The van der Waals surface area contributed by atoms with Crippen molar-refractivity contribution in [3.05, 3.63) is 0 Å². The third-order valence-corrected chi connectivity index (χ3v) is 4.00. The molecule has 0 fully saturated rings. The predicted molar refractivity (Wildman–Crippen MR) is 97.5 cm³/mol. The number of hydrogen-bond acceptors (Lipinski definition) is 5. The summed E-state index contributed by atoms with van der Waals surface area (Å²) in [6.07, 6.45) is 5.73. The Hall–Kier alpha value is -0.200. The molecule has 146 valence electrons. The second kappa shape index (κ2) is 15.1. The molecule has 0 aromatic heterocycles. The van der Waals surface area contributed by atoms with Crippen LogP contribution in [-0.4, -0.2) is 62.6 Å². The van der Waals surface area contributed by atoms with Gasteiger partial charge in [0.25, 0.3) is 0 Å². The molecule has 0 aromatic rings. The Balaban J connectivity index is 3.86. The summed E-state index contributed by atoms with van der Waals surface area (Å²) in [4.78, 5) is 0. The third kappa shape index (κ3) is 13.1. The van der Waals surface area contributed by atoms with Gasteiger partial charge in [-0.3, -0.25) is 0 Å². The van der Waals surface area contributed by atoms with Crippen molar-refractivity contribution >= 4 is 0 Å². The average molecular weight is 349 g/mol. The van der Waals surface area contributed by atoms with E-state index in [1.54, 1.807) is 14.0 Å². The minimum Gasteiger partial charge on any atom is -0.391 e. The fourth-order valence-corrected chi connectivity index (χ4v) is 2.41. The van der Waals surface area contributed by atoms with Crippen LogP contribution >= 0.6 is 0 Å². The maximum absolute atomic E-state index is 9.19. The monoisotopic (exact) mass is 348 g/mol. The van der Waals surface area contributed by atoms with Gasteiger partial charge in [-0.1, -0.05) is 32.6 Å². The first-order chi connectivity index (χ1) is 11.4. The zero-order valence-electron chi connectivity index (χ0n) is 16.6. The number of aliphatic hydroxyl groups excluding tert-OH is 1. The maximum atomic E-state index is 9.19. The molecule has 0 radical (unpaired) electrons. The summed E-state index contributed by atoms with van der Waals surface area (Å²) in [7, 11) is 1.76. The Kier molecular flexibility index (Phi) is 15.0. The molecule has 0 amide bonds. The van der Waals surface area contributed by atoms with Gasteiger partial charge in [-0.25, -0.2) is 0 Å². The number of aliphatic hydroxyl groups is 1. The van der Waals surface area contributed by atoms with Crippen molar-refractivity contribution in [1.29, 1.82) is 0 Å². The smallest absolute Gasteiger partial charge is 0.0830 e. The second-order valence-corrected chi connectivity index (χ2v) is 6.80. The van der Waals surface area contributed by atoms with Gasteiger partial charge in [0.15, 0.2) is 0 Å². The Labute approximate surface area is 149 Å². The lowest BCUT2D eigenvalue weighted by molar-refractivity contribution is -0.101. The summed E-state index contributed by atoms with van der Waals surface area (Å²) in [6.45, 7) is 11.3. The number of ether oxygens (including phenoxy) is 4. The zero-order valence-corrected chi connectivity index (χ0v) is 16.6. The van der Waals surface area contributed by atoms with E-state index in [1.165, 1.54) is 25.7 Å². The second-order valence-electron chi connectivity index (χ2n) is 6.80. The summed E-state index contributed by atoms with van der Waals surface area (Å²) < 4.78 is 22.7.